The van der Waals surface area contributed by atoms with Gasteiger partial charge in [0.2, 0.25) is 0 Å². The lowest BCUT2D eigenvalue weighted by molar-refractivity contribution is 0.228. The molecule has 1 aromatic rings. The molecule has 1 aromatic carbocycles. The highest BCUT2D eigenvalue weighted by Crippen LogP contribution is 2.25. The molecule has 0 aliphatic carbocycles. The van der Waals surface area contributed by atoms with Crippen molar-refractivity contribution in [2.75, 3.05) is 39.3 Å². The Balaban J connectivity index is 1.46. The van der Waals surface area contributed by atoms with E-state index in [-0.39, 0.29) is 0 Å². The van der Waals surface area contributed by atoms with E-state index >= 15 is 0 Å². The van der Waals surface area contributed by atoms with Crippen LogP contribution < -0.4 is 10.1 Å². The van der Waals surface area contributed by atoms with Crippen LogP contribution in [-0.2, 0) is 0 Å². The Bertz CT molecular complexity index is 414. The van der Waals surface area contributed by atoms with Gasteiger partial charge in [0.1, 0.15) is 12.4 Å². The van der Waals surface area contributed by atoms with Gasteiger partial charge in [0.05, 0.1) is 0 Å². The molecule has 0 spiro atoms. The van der Waals surface area contributed by atoms with Crippen LogP contribution in [0.4, 0.5) is 0 Å². The Morgan fingerprint density at radius 3 is 2.37 bits per heavy atom. The zero-order valence-corrected chi connectivity index (χ0v) is 12.0. The van der Waals surface area contributed by atoms with Gasteiger partial charge in [0.15, 0.2) is 0 Å². The summed E-state index contributed by atoms with van der Waals surface area (Å²) in [7, 11) is 0. The molecule has 2 heterocycles. The van der Waals surface area contributed by atoms with Crippen molar-refractivity contribution in [1.29, 1.82) is 0 Å². The molecular weight excluding hydrogens is 236 g/mol. The molecule has 2 saturated heterocycles. The number of benzene rings is 1. The number of ether oxygens (including phenoxy) is 1. The molecule has 0 radical (unpaired) electrons. The fourth-order valence-corrected chi connectivity index (χ4v) is 3.44. The number of nitrogens with zero attached hydrogens (tertiary/aromatic N) is 1. The first kappa shape index (κ1) is 12.9. The fraction of sp³-hybridized carbons (Fsp3) is 0.625. The first-order valence-corrected chi connectivity index (χ1v) is 7.35. The number of rotatable bonds is 4. The lowest BCUT2D eigenvalue weighted by atomic mass is 10.0. The maximum Gasteiger partial charge on any atom is 0.119 e. The summed E-state index contributed by atoms with van der Waals surface area (Å²) in [6, 6.07) is 6.42. The highest BCUT2D eigenvalue weighted by atomic mass is 16.5. The summed E-state index contributed by atoms with van der Waals surface area (Å²) >= 11 is 0. The summed E-state index contributed by atoms with van der Waals surface area (Å²) < 4.78 is 5.89. The molecule has 1 N–H and O–H groups in total. The third-order valence-electron chi connectivity index (χ3n) is 4.34. The van der Waals surface area contributed by atoms with E-state index in [2.05, 4.69) is 42.3 Å². The molecule has 0 saturated carbocycles. The summed E-state index contributed by atoms with van der Waals surface area (Å²) in [5, 5.41) is 3.48. The van der Waals surface area contributed by atoms with Gasteiger partial charge in [-0.1, -0.05) is 6.07 Å². The monoisotopic (exact) mass is 260 g/mol. The lowest BCUT2D eigenvalue weighted by Gasteiger charge is -2.17. The van der Waals surface area contributed by atoms with Gasteiger partial charge < -0.3 is 10.1 Å². The van der Waals surface area contributed by atoms with Crippen LogP contribution in [0.3, 0.4) is 0 Å². The Hall–Kier alpha value is -1.06. The van der Waals surface area contributed by atoms with E-state index in [1.807, 2.05) is 0 Å². The van der Waals surface area contributed by atoms with Crippen molar-refractivity contribution in [3.05, 3.63) is 29.3 Å². The van der Waals surface area contributed by atoms with Gasteiger partial charge in [-0.2, -0.15) is 0 Å². The topological polar surface area (TPSA) is 24.5 Å². The summed E-state index contributed by atoms with van der Waals surface area (Å²) in [5.74, 6) is 2.76. The van der Waals surface area contributed by atoms with Crippen molar-refractivity contribution in [3.63, 3.8) is 0 Å². The molecule has 19 heavy (non-hydrogen) atoms. The minimum absolute atomic E-state index is 0.801. The molecule has 0 amide bonds. The summed E-state index contributed by atoms with van der Waals surface area (Å²) in [5.41, 5.74) is 2.55. The second-order valence-electron chi connectivity index (χ2n) is 6.11. The zero-order valence-electron chi connectivity index (χ0n) is 12.0. The second kappa shape index (κ2) is 5.51. The SMILES string of the molecule is Cc1cc(C)cc(OCCN2C[C@H]3CNC[C@H]3C2)c1. The largest absolute Gasteiger partial charge is 0.492 e. The molecule has 2 fully saturated rings. The maximum absolute atomic E-state index is 5.89. The first-order chi connectivity index (χ1) is 9.20. The highest BCUT2D eigenvalue weighted by molar-refractivity contribution is 5.32. The minimum atomic E-state index is 0.801. The molecule has 2 aliphatic rings. The first-order valence-electron chi connectivity index (χ1n) is 7.35. The number of hydrogen-bond acceptors (Lipinski definition) is 3. The van der Waals surface area contributed by atoms with Crippen LogP contribution in [0.15, 0.2) is 18.2 Å². The van der Waals surface area contributed by atoms with E-state index in [4.69, 9.17) is 4.74 Å². The number of likely N-dealkylation sites (tertiary alicyclic amines) is 1. The predicted molar refractivity (Wildman–Crippen MR) is 77.7 cm³/mol. The van der Waals surface area contributed by atoms with Gasteiger partial charge in [-0.15, -0.1) is 0 Å². The average molecular weight is 260 g/mol. The molecule has 3 rings (SSSR count). The summed E-state index contributed by atoms with van der Waals surface area (Å²) in [4.78, 5) is 2.55. The van der Waals surface area contributed by atoms with Crippen LogP contribution in [-0.4, -0.2) is 44.2 Å². The van der Waals surface area contributed by atoms with Crippen LogP contribution in [0, 0.1) is 25.7 Å². The molecule has 0 unspecified atom stereocenters. The van der Waals surface area contributed by atoms with Crippen LogP contribution in [0.2, 0.25) is 0 Å². The summed E-state index contributed by atoms with van der Waals surface area (Å²) in [6.07, 6.45) is 0. The van der Waals surface area contributed by atoms with Crippen LogP contribution in [0.5, 0.6) is 5.75 Å². The van der Waals surface area contributed by atoms with Gasteiger partial charge in [-0.25, -0.2) is 0 Å². The van der Waals surface area contributed by atoms with Crippen molar-refractivity contribution in [3.8, 4) is 5.75 Å². The molecular formula is C16H24N2O. The second-order valence-corrected chi connectivity index (χ2v) is 6.11. The Kier molecular flexibility index (Phi) is 3.76. The van der Waals surface area contributed by atoms with E-state index in [9.17, 15) is 0 Å². The van der Waals surface area contributed by atoms with Crippen molar-refractivity contribution >= 4 is 0 Å². The normalized spacial score (nSPS) is 26.6. The zero-order chi connectivity index (χ0) is 13.2. The Morgan fingerprint density at radius 1 is 1.11 bits per heavy atom. The Morgan fingerprint density at radius 2 is 1.74 bits per heavy atom. The van der Waals surface area contributed by atoms with Gasteiger partial charge in [-0.05, 0) is 62.0 Å². The number of hydrogen-bond donors (Lipinski definition) is 1. The number of aryl methyl sites for hydroxylation is 2. The molecule has 2 atom stereocenters. The van der Waals surface area contributed by atoms with E-state index in [1.165, 1.54) is 37.3 Å². The van der Waals surface area contributed by atoms with Crippen molar-refractivity contribution in [2.45, 2.75) is 13.8 Å². The highest BCUT2D eigenvalue weighted by Gasteiger charge is 2.35. The van der Waals surface area contributed by atoms with E-state index in [0.717, 1.165) is 30.7 Å². The van der Waals surface area contributed by atoms with Gasteiger partial charge in [-0.3, -0.25) is 4.90 Å². The van der Waals surface area contributed by atoms with Crippen LogP contribution >= 0.6 is 0 Å². The van der Waals surface area contributed by atoms with E-state index < -0.39 is 0 Å². The molecule has 3 nitrogen and oxygen atoms in total. The van der Waals surface area contributed by atoms with E-state index in [0.29, 0.717) is 0 Å². The fourth-order valence-electron chi connectivity index (χ4n) is 3.44. The van der Waals surface area contributed by atoms with Crippen LogP contribution in [0.1, 0.15) is 11.1 Å². The molecule has 0 aromatic heterocycles. The van der Waals surface area contributed by atoms with Crippen molar-refractivity contribution in [2.24, 2.45) is 11.8 Å². The van der Waals surface area contributed by atoms with Crippen molar-refractivity contribution < 1.29 is 4.74 Å². The van der Waals surface area contributed by atoms with Gasteiger partial charge in [0.25, 0.3) is 0 Å². The quantitative estimate of drug-likeness (QED) is 0.894. The smallest absolute Gasteiger partial charge is 0.119 e. The molecule has 2 aliphatic heterocycles. The Labute approximate surface area is 115 Å². The van der Waals surface area contributed by atoms with Crippen molar-refractivity contribution in [1.82, 2.24) is 10.2 Å². The molecule has 104 valence electrons. The van der Waals surface area contributed by atoms with Gasteiger partial charge in [0, 0.05) is 19.6 Å². The van der Waals surface area contributed by atoms with Crippen LogP contribution in [0.25, 0.3) is 0 Å². The minimum Gasteiger partial charge on any atom is -0.492 e. The average Bonchev–Trinajstić information content (AvgIpc) is 2.88. The third kappa shape index (κ3) is 3.10. The van der Waals surface area contributed by atoms with Gasteiger partial charge >= 0.3 is 0 Å². The summed E-state index contributed by atoms with van der Waals surface area (Å²) in [6.45, 7) is 11.0. The number of nitrogens with one attached hydrogen (secondary N) is 1. The maximum atomic E-state index is 5.89. The number of fused-ring (bicyclic) bond motifs is 1. The molecule has 3 heteroatoms. The lowest BCUT2D eigenvalue weighted by Crippen LogP contribution is -2.29. The third-order valence-corrected chi connectivity index (χ3v) is 4.34. The standard InChI is InChI=1S/C16H24N2O/c1-12-5-13(2)7-16(6-12)19-4-3-18-10-14-8-17-9-15(14)11-18/h5-7,14-15,17H,3-4,8-11H2,1-2H3/t14-,15+. The van der Waals surface area contributed by atoms with E-state index in [1.54, 1.807) is 0 Å². The predicted octanol–water partition coefficient (Wildman–Crippen LogP) is 1.83. The molecule has 0 bridgehead atoms.